The number of rotatable bonds is 44. The van der Waals surface area contributed by atoms with Crippen LogP contribution in [0.5, 0.6) is 0 Å². The molecule has 0 aliphatic carbocycles. The Morgan fingerprint density at radius 1 is 0.246 bits per heavy atom. The molecule has 0 heterocycles. The molecular formula is C56H104MoO8. The van der Waals surface area contributed by atoms with Crippen LogP contribution in [0.15, 0.2) is 48.6 Å². The van der Waals surface area contributed by atoms with Gasteiger partial charge in [-0.1, -0.05) is 205 Å². The topological polar surface area (TPSA) is 149 Å². The summed E-state index contributed by atoms with van der Waals surface area (Å²) < 4.78 is 0. The summed E-state index contributed by atoms with van der Waals surface area (Å²) in [4.78, 5) is 41.0. The first kappa shape index (κ1) is 71.5. The molecule has 0 aromatic rings. The van der Waals surface area contributed by atoms with Crippen LogP contribution in [0, 0.1) is 0 Å². The molecule has 0 rings (SSSR count). The van der Waals surface area contributed by atoms with E-state index in [-0.39, 0.29) is 21.1 Å². The summed E-state index contributed by atoms with van der Waals surface area (Å²) in [5.74, 6) is -2.67. The quantitative estimate of drug-likeness (QED) is 0.0268. The van der Waals surface area contributed by atoms with E-state index in [0.717, 1.165) is 51.4 Å². The molecule has 0 saturated heterocycles. The predicted molar refractivity (Wildman–Crippen MR) is 274 cm³/mol. The molecule has 4 N–H and O–H groups in total. The van der Waals surface area contributed by atoms with Gasteiger partial charge < -0.3 is 20.4 Å². The van der Waals surface area contributed by atoms with E-state index in [1.807, 2.05) is 0 Å². The number of hydrogen-bond donors (Lipinski definition) is 4. The molecule has 0 spiro atoms. The Hall–Kier alpha value is -2.47. The molecular weight excluding hydrogens is 897 g/mol. The molecule has 9 heteroatoms. The Bertz CT molecular complexity index is 916. The zero-order valence-electron chi connectivity index (χ0n) is 42.7. The zero-order valence-corrected chi connectivity index (χ0v) is 44.7. The van der Waals surface area contributed by atoms with E-state index in [2.05, 4.69) is 76.3 Å². The van der Waals surface area contributed by atoms with Crippen molar-refractivity contribution in [2.45, 2.75) is 285 Å². The second kappa shape index (κ2) is 68.1. The normalized spacial score (nSPS) is 10.9. The number of unbranched alkanes of at least 4 members (excludes halogenated alkanes) is 28. The molecule has 0 atom stereocenters. The number of hydrogen-bond acceptors (Lipinski definition) is 4. The molecule has 0 amide bonds. The van der Waals surface area contributed by atoms with E-state index in [0.29, 0.717) is 25.7 Å². The summed E-state index contributed by atoms with van der Waals surface area (Å²) in [6.45, 7) is 8.85. The van der Waals surface area contributed by atoms with Crippen molar-refractivity contribution >= 4 is 23.9 Å². The summed E-state index contributed by atoms with van der Waals surface area (Å²) in [6, 6.07) is 0. The van der Waals surface area contributed by atoms with Crippen LogP contribution < -0.4 is 0 Å². The van der Waals surface area contributed by atoms with Gasteiger partial charge in [-0.2, -0.15) is 0 Å². The van der Waals surface area contributed by atoms with Gasteiger partial charge >= 0.3 is 23.9 Å². The smallest absolute Gasteiger partial charge is 0.303 e. The van der Waals surface area contributed by atoms with Crippen molar-refractivity contribution in [1.82, 2.24) is 0 Å². The van der Waals surface area contributed by atoms with Crippen molar-refractivity contribution in [2.24, 2.45) is 0 Å². The van der Waals surface area contributed by atoms with E-state index < -0.39 is 23.9 Å². The Morgan fingerprint density at radius 2 is 0.385 bits per heavy atom. The molecule has 0 aliphatic rings. The molecule has 0 aromatic heterocycles. The van der Waals surface area contributed by atoms with Gasteiger partial charge in [-0.3, -0.25) is 19.2 Å². The van der Waals surface area contributed by atoms with Crippen LogP contribution in [-0.2, 0) is 40.2 Å². The van der Waals surface area contributed by atoms with Crippen LogP contribution in [0.2, 0.25) is 0 Å². The van der Waals surface area contributed by atoms with E-state index in [9.17, 15) is 19.2 Å². The number of carbonyl (C=O) groups is 4. The van der Waals surface area contributed by atoms with Crippen molar-refractivity contribution in [3.63, 3.8) is 0 Å². The summed E-state index contributed by atoms with van der Waals surface area (Å²) in [5.41, 5.74) is 0. The maximum absolute atomic E-state index is 10.3. The zero-order chi connectivity index (χ0) is 48.3. The van der Waals surface area contributed by atoms with Gasteiger partial charge in [0.15, 0.2) is 0 Å². The van der Waals surface area contributed by atoms with Crippen molar-refractivity contribution < 1.29 is 60.7 Å². The largest absolute Gasteiger partial charge is 0.481 e. The van der Waals surface area contributed by atoms with Crippen LogP contribution in [-0.4, -0.2) is 44.3 Å². The third-order valence-electron chi connectivity index (χ3n) is 10.6. The van der Waals surface area contributed by atoms with Gasteiger partial charge in [0.05, 0.1) is 0 Å². The fourth-order valence-corrected chi connectivity index (χ4v) is 6.51. The standard InChI is InChI=1S/4C14H26O2.Mo/c4*1-2-3-4-5-6-7-8-9-10-11-12-13-14(15)16;/h4*5-6H,2-4,7-13H2,1H3,(H,15,16);/b4*6-5-;. The Morgan fingerprint density at radius 3 is 0.538 bits per heavy atom. The second-order valence-corrected chi connectivity index (χ2v) is 17.3. The van der Waals surface area contributed by atoms with Crippen molar-refractivity contribution in [1.29, 1.82) is 0 Å². The second-order valence-electron chi connectivity index (χ2n) is 17.3. The Labute approximate surface area is 415 Å². The van der Waals surface area contributed by atoms with Crippen molar-refractivity contribution in [3.8, 4) is 0 Å². The molecule has 8 nitrogen and oxygen atoms in total. The fourth-order valence-electron chi connectivity index (χ4n) is 6.51. The number of carboxylic acids is 4. The first-order chi connectivity index (χ1) is 31.1. The van der Waals surface area contributed by atoms with Crippen LogP contribution in [0.4, 0.5) is 0 Å². The van der Waals surface area contributed by atoms with Gasteiger partial charge in [0.2, 0.25) is 0 Å². The minimum absolute atomic E-state index is 0. The molecule has 0 radical (unpaired) electrons. The molecule has 0 saturated carbocycles. The predicted octanol–water partition coefficient (Wildman–Crippen LogP) is 18.2. The molecule has 0 aliphatic heterocycles. The van der Waals surface area contributed by atoms with Gasteiger partial charge in [0.1, 0.15) is 0 Å². The van der Waals surface area contributed by atoms with Gasteiger partial charge in [-0.25, -0.2) is 0 Å². The van der Waals surface area contributed by atoms with Gasteiger partial charge in [-0.15, -0.1) is 0 Å². The maximum Gasteiger partial charge on any atom is 0.303 e. The van der Waals surface area contributed by atoms with Crippen LogP contribution in [0.25, 0.3) is 0 Å². The Kier molecular flexibility index (Phi) is 75.0. The van der Waals surface area contributed by atoms with E-state index in [1.165, 1.54) is 180 Å². The van der Waals surface area contributed by atoms with Crippen molar-refractivity contribution in [2.75, 3.05) is 0 Å². The van der Waals surface area contributed by atoms with Gasteiger partial charge in [0, 0.05) is 46.7 Å². The molecule has 0 aromatic carbocycles. The first-order valence-corrected chi connectivity index (χ1v) is 26.6. The summed E-state index contributed by atoms with van der Waals surface area (Å²) >= 11 is 0. The number of allylic oxidation sites excluding steroid dienone is 8. The van der Waals surface area contributed by atoms with Crippen molar-refractivity contribution in [3.05, 3.63) is 48.6 Å². The minimum Gasteiger partial charge on any atom is -0.481 e. The van der Waals surface area contributed by atoms with Crippen LogP contribution in [0.1, 0.15) is 285 Å². The average Bonchev–Trinajstić information content (AvgIpc) is 3.26. The van der Waals surface area contributed by atoms with Crippen LogP contribution in [0.3, 0.4) is 0 Å². The summed E-state index contributed by atoms with van der Waals surface area (Å²) in [7, 11) is 0. The fraction of sp³-hybridized carbons (Fsp3) is 0.786. The monoisotopic (exact) mass is 1000 g/mol. The van der Waals surface area contributed by atoms with Crippen LogP contribution >= 0.6 is 0 Å². The molecule has 382 valence electrons. The molecule has 0 bridgehead atoms. The van der Waals surface area contributed by atoms with Gasteiger partial charge in [0.25, 0.3) is 0 Å². The molecule has 65 heavy (non-hydrogen) atoms. The average molecular weight is 1000 g/mol. The maximum atomic E-state index is 10.3. The van der Waals surface area contributed by atoms with E-state index in [1.54, 1.807) is 0 Å². The summed E-state index contributed by atoms with van der Waals surface area (Å²) in [6.07, 6.45) is 61.7. The molecule has 0 unspecified atom stereocenters. The third kappa shape index (κ3) is 88.9. The minimum atomic E-state index is -0.668. The van der Waals surface area contributed by atoms with Gasteiger partial charge in [-0.05, 0) is 103 Å². The summed E-state index contributed by atoms with van der Waals surface area (Å²) in [5, 5.41) is 33.8. The van der Waals surface area contributed by atoms with E-state index in [4.69, 9.17) is 20.4 Å². The number of carboxylic acid groups (broad SMARTS) is 4. The SMILES string of the molecule is CCCC/C=C\CCCCCCCC(=O)O.CCCC/C=C\CCCCCCCC(=O)O.CCCC/C=C\CCCCCCCC(=O)O.CCCC/C=C\CCCCCCCC(=O)O.[Mo]. The Balaban J connectivity index is -0.000000245. The molecule has 0 fully saturated rings. The first-order valence-electron chi connectivity index (χ1n) is 26.6. The third-order valence-corrected chi connectivity index (χ3v) is 10.6. The number of aliphatic carboxylic acids is 4. The van der Waals surface area contributed by atoms with E-state index >= 15 is 0 Å².